The molecule has 1 aliphatic heterocycles. The number of hydrogen-bond donors (Lipinski definition) is 2. The molecular weight excluding hydrogens is 232 g/mol. The maximum atomic E-state index is 12.1. The van der Waals surface area contributed by atoms with Crippen LogP contribution in [0.4, 0.5) is 4.79 Å². The van der Waals surface area contributed by atoms with E-state index >= 15 is 0 Å². The fourth-order valence-electron chi connectivity index (χ4n) is 2.11. The van der Waals surface area contributed by atoms with Crippen LogP contribution in [0.15, 0.2) is 12.2 Å². The van der Waals surface area contributed by atoms with Crippen molar-refractivity contribution in [2.75, 3.05) is 0 Å². The molecule has 0 bridgehead atoms. The lowest BCUT2D eigenvalue weighted by atomic mass is 9.74. The maximum Gasteiger partial charge on any atom is 0.328 e. The molecular formula is C13H20N2O3. The summed E-state index contributed by atoms with van der Waals surface area (Å²) in [6, 6.07) is -0.744. The third-order valence-corrected chi connectivity index (χ3v) is 3.08. The number of rotatable bonds is 5. The van der Waals surface area contributed by atoms with Gasteiger partial charge in [-0.05, 0) is 32.1 Å². The second kappa shape index (κ2) is 5.33. The normalized spacial score (nSPS) is 18.6. The van der Waals surface area contributed by atoms with Gasteiger partial charge in [0.25, 0.3) is 0 Å². The zero-order valence-corrected chi connectivity index (χ0v) is 11.1. The molecule has 2 N–H and O–H groups in total. The highest BCUT2D eigenvalue weighted by Crippen LogP contribution is 2.34. The molecule has 0 aliphatic carbocycles. The molecule has 1 fully saturated rings. The summed E-state index contributed by atoms with van der Waals surface area (Å²) in [6.07, 6.45) is 1.43. The lowest BCUT2D eigenvalue weighted by Crippen LogP contribution is -2.62. The number of allylic oxidation sites excluding steroid dienone is 1. The van der Waals surface area contributed by atoms with E-state index < -0.39 is 23.3 Å². The van der Waals surface area contributed by atoms with Crippen LogP contribution in [-0.2, 0) is 9.59 Å². The lowest BCUT2D eigenvalue weighted by Gasteiger charge is -2.34. The Hall–Kier alpha value is -1.65. The smallest absolute Gasteiger partial charge is 0.277 e. The molecule has 5 nitrogen and oxygen atoms in total. The lowest BCUT2D eigenvalue weighted by molar-refractivity contribution is -0.145. The van der Waals surface area contributed by atoms with E-state index in [2.05, 4.69) is 17.2 Å². The summed E-state index contributed by atoms with van der Waals surface area (Å²) in [5, 5.41) is 4.36. The monoisotopic (exact) mass is 252 g/mol. The number of urea groups is 1. The Morgan fingerprint density at radius 3 is 2.11 bits per heavy atom. The molecule has 1 heterocycles. The summed E-state index contributed by atoms with van der Waals surface area (Å²) in [5.41, 5.74) is -0.442. The highest BCUT2D eigenvalue weighted by Gasteiger charge is 2.49. The van der Waals surface area contributed by atoms with Crippen LogP contribution < -0.4 is 10.6 Å². The van der Waals surface area contributed by atoms with Crippen molar-refractivity contribution in [3.05, 3.63) is 12.2 Å². The summed E-state index contributed by atoms with van der Waals surface area (Å²) in [7, 11) is 0. The first-order valence-electron chi connectivity index (χ1n) is 6.09. The molecule has 1 saturated heterocycles. The molecule has 0 atom stereocenters. The van der Waals surface area contributed by atoms with E-state index in [9.17, 15) is 14.4 Å². The number of carbonyl (C=O) groups excluding carboxylic acids is 3. The molecule has 0 aromatic rings. The quantitative estimate of drug-likeness (QED) is 0.578. The Morgan fingerprint density at radius 2 is 1.72 bits per heavy atom. The summed E-state index contributed by atoms with van der Waals surface area (Å²) < 4.78 is 0. The number of imide groups is 2. The molecule has 0 aromatic heterocycles. The molecule has 1 rings (SSSR count). The van der Waals surface area contributed by atoms with E-state index in [1.807, 2.05) is 13.8 Å². The van der Waals surface area contributed by atoms with Gasteiger partial charge in [-0.1, -0.05) is 19.4 Å². The van der Waals surface area contributed by atoms with Crippen molar-refractivity contribution in [2.24, 2.45) is 11.3 Å². The van der Waals surface area contributed by atoms with Gasteiger partial charge in [0, 0.05) is 0 Å². The Bertz CT molecular complexity index is 379. The SMILES string of the molecule is C=C(C)CC1(CCC(C)C)C(=O)NC(=O)NC1=O. The highest BCUT2D eigenvalue weighted by molar-refractivity contribution is 6.19. The van der Waals surface area contributed by atoms with Gasteiger partial charge >= 0.3 is 6.03 Å². The molecule has 0 saturated carbocycles. The van der Waals surface area contributed by atoms with Crippen molar-refractivity contribution in [1.29, 1.82) is 0 Å². The van der Waals surface area contributed by atoms with Crippen LogP contribution in [-0.4, -0.2) is 17.8 Å². The summed E-state index contributed by atoms with van der Waals surface area (Å²) in [4.78, 5) is 35.2. The van der Waals surface area contributed by atoms with Gasteiger partial charge in [0.05, 0.1) is 0 Å². The standard InChI is InChI=1S/C13H20N2O3/c1-8(2)5-6-13(7-9(3)4)10(16)14-12(18)15-11(13)17/h8H,3,5-7H2,1-2,4H3,(H2,14,15,16,17,18). The largest absolute Gasteiger partial charge is 0.328 e. The van der Waals surface area contributed by atoms with E-state index in [0.717, 1.165) is 12.0 Å². The van der Waals surface area contributed by atoms with Crippen LogP contribution in [0.25, 0.3) is 0 Å². The topological polar surface area (TPSA) is 75.3 Å². The van der Waals surface area contributed by atoms with Gasteiger partial charge in [0.2, 0.25) is 11.8 Å². The number of barbiturate groups is 1. The van der Waals surface area contributed by atoms with E-state index in [-0.39, 0.29) is 6.42 Å². The number of hydrogen-bond acceptors (Lipinski definition) is 3. The van der Waals surface area contributed by atoms with Gasteiger partial charge in [-0.2, -0.15) is 0 Å². The molecule has 18 heavy (non-hydrogen) atoms. The van der Waals surface area contributed by atoms with Crippen LogP contribution in [0.5, 0.6) is 0 Å². The summed E-state index contributed by atoms with van der Waals surface area (Å²) in [6.45, 7) is 9.59. The Labute approximate surface area is 107 Å². The molecule has 0 spiro atoms. The Kier molecular flexibility index (Phi) is 4.27. The Balaban J connectivity index is 3.01. The average Bonchev–Trinajstić information content (AvgIpc) is 2.21. The first-order chi connectivity index (χ1) is 8.28. The second-order valence-corrected chi connectivity index (χ2v) is 5.39. The second-order valence-electron chi connectivity index (χ2n) is 5.39. The number of carbonyl (C=O) groups is 3. The minimum absolute atomic E-state index is 0.269. The van der Waals surface area contributed by atoms with E-state index in [0.29, 0.717) is 12.3 Å². The Morgan fingerprint density at radius 1 is 1.22 bits per heavy atom. The van der Waals surface area contributed by atoms with Crippen LogP contribution in [0.1, 0.15) is 40.0 Å². The molecule has 0 radical (unpaired) electrons. The summed E-state index contributed by atoms with van der Waals surface area (Å²) >= 11 is 0. The molecule has 0 aromatic carbocycles. The van der Waals surface area contributed by atoms with E-state index in [4.69, 9.17) is 0 Å². The maximum absolute atomic E-state index is 12.1. The molecule has 100 valence electrons. The van der Waals surface area contributed by atoms with Crippen LogP contribution >= 0.6 is 0 Å². The fraction of sp³-hybridized carbons (Fsp3) is 0.615. The zero-order valence-electron chi connectivity index (χ0n) is 11.1. The summed E-state index contributed by atoms with van der Waals surface area (Å²) in [5.74, 6) is -0.648. The van der Waals surface area contributed by atoms with Gasteiger partial charge in [-0.25, -0.2) is 4.79 Å². The average molecular weight is 252 g/mol. The fourth-order valence-corrected chi connectivity index (χ4v) is 2.11. The van der Waals surface area contributed by atoms with Gasteiger partial charge in [-0.15, -0.1) is 6.58 Å². The predicted octanol–water partition coefficient (Wildman–Crippen LogP) is 1.74. The van der Waals surface area contributed by atoms with Crippen molar-refractivity contribution in [1.82, 2.24) is 10.6 Å². The van der Waals surface area contributed by atoms with Gasteiger partial charge in [0.15, 0.2) is 0 Å². The van der Waals surface area contributed by atoms with Crippen LogP contribution in [0.3, 0.4) is 0 Å². The molecule has 4 amide bonds. The number of nitrogens with one attached hydrogen (secondary N) is 2. The molecule has 0 unspecified atom stereocenters. The van der Waals surface area contributed by atoms with Crippen LogP contribution in [0.2, 0.25) is 0 Å². The molecule has 5 heteroatoms. The predicted molar refractivity (Wildman–Crippen MR) is 67.6 cm³/mol. The van der Waals surface area contributed by atoms with Crippen molar-refractivity contribution in [3.8, 4) is 0 Å². The first kappa shape index (κ1) is 14.4. The minimum atomic E-state index is -1.19. The molecule has 1 aliphatic rings. The van der Waals surface area contributed by atoms with Crippen molar-refractivity contribution in [2.45, 2.75) is 40.0 Å². The van der Waals surface area contributed by atoms with Crippen LogP contribution in [0, 0.1) is 11.3 Å². The highest BCUT2D eigenvalue weighted by atomic mass is 16.2. The van der Waals surface area contributed by atoms with Crippen molar-refractivity contribution < 1.29 is 14.4 Å². The van der Waals surface area contributed by atoms with Gasteiger partial charge in [-0.3, -0.25) is 20.2 Å². The zero-order chi connectivity index (χ0) is 13.9. The minimum Gasteiger partial charge on any atom is -0.277 e. The van der Waals surface area contributed by atoms with E-state index in [1.165, 1.54) is 0 Å². The van der Waals surface area contributed by atoms with Crippen molar-refractivity contribution >= 4 is 17.8 Å². The number of amides is 4. The first-order valence-corrected chi connectivity index (χ1v) is 6.09. The van der Waals surface area contributed by atoms with E-state index in [1.54, 1.807) is 6.92 Å². The third-order valence-electron chi connectivity index (χ3n) is 3.08. The van der Waals surface area contributed by atoms with Gasteiger partial charge < -0.3 is 0 Å². The third kappa shape index (κ3) is 2.97. The van der Waals surface area contributed by atoms with Gasteiger partial charge in [0.1, 0.15) is 5.41 Å². The van der Waals surface area contributed by atoms with Crippen molar-refractivity contribution in [3.63, 3.8) is 0 Å².